The molecule has 0 fully saturated rings. The van der Waals surface area contributed by atoms with Crippen LogP contribution in [0.4, 0.5) is 5.69 Å². The number of nitrogen functional groups attached to an aromatic ring is 1. The Morgan fingerprint density at radius 3 is 2.43 bits per heavy atom. The first kappa shape index (κ1) is 10.3. The Kier molecular flexibility index (Phi) is 3.29. The second-order valence-corrected chi connectivity index (χ2v) is 2.98. The maximum Gasteiger partial charge on any atom is 0.328 e. The summed E-state index contributed by atoms with van der Waals surface area (Å²) in [5.41, 5.74) is 7.92. The minimum Gasteiger partial charge on any atom is -0.478 e. The molecule has 0 spiro atoms. The number of anilines is 1. The summed E-state index contributed by atoms with van der Waals surface area (Å²) >= 11 is 0. The summed E-state index contributed by atoms with van der Waals surface area (Å²) in [5.74, 6) is -0.918. The van der Waals surface area contributed by atoms with Crippen molar-refractivity contribution < 1.29 is 9.90 Å². The van der Waals surface area contributed by atoms with Crippen molar-refractivity contribution in [3.8, 4) is 0 Å². The SMILES string of the molecule is CC/C(=C\C(=O)O)c1ccc(N)cc1. The van der Waals surface area contributed by atoms with E-state index >= 15 is 0 Å². The summed E-state index contributed by atoms with van der Waals surface area (Å²) in [4.78, 5) is 10.5. The Labute approximate surface area is 82.9 Å². The molecular weight excluding hydrogens is 178 g/mol. The lowest BCUT2D eigenvalue weighted by molar-refractivity contribution is -0.131. The van der Waals surface area contributed by atoms with Crippen molar-refractivity contribution >= 4 is 17.2 Å². The monoisotopic (exact) mass is 191 g/mol. The molecule has 0 unspecified atom stereocenters. The topological polar surface area (TPSA) is 63.3 Å². The van der Waals surface area contributed by atoms with E-state index in [4.69, 9.17) is 10.8 Å². The Balaban J connectivity index is 3.01. The molecule has 0 aliphatic heterocycles. The summed E-state index contributed by atoms with van der Waals surface area (Å²) in [6.45, 7) is 1.92. The number of aliphatic carboxylic acids is 1. The van der Waals surface area contributed by atoms with Crippen LogP contribution in [0.2, 0.25) is 0 Å². The van der Waals surface area contributed by atoms with Gasteiger partial charge in [-0.25, -0.2) is 4.79 Å². The standard InChI is InChI=1S/C11H13NO2/c1-2-8(7-11(13)14)9-3-5-10(12)6-4-9/h3-7H,2,12H2,1H3,(H,13,14)/b8-7+. The van der Waals surface area contributed by atoms with Gasteiger partial charge in [0.25, 0.3) is 0 Å². The summed E-state index contributed by atoms with van der Waals surface area (Å²) in [5, 5.41) is 8.63. The quantitative estimate of drug-likeness (QED) is 0.568. The number of carboxylic acids is 1. The first-order valence-electron chi connectivity index (χ1n) is 4.43. The summed E-state index contributed by atoms with van der Waals surface area (Å²) in [7, 11) is 0. The molecule has 1 aromatic carbocycles. The first-order valence-corrected chi connectivity index (χ1v) is 4.43. The van der Waals surface area contributed by atoms with E-state index < -0.39 is 5.97 Å². The molecule has 0 radical (unpaired) electrons. The van der Waals surface area contributed by atoms with Gasteiger partial charge in [0.05, 0.1) is 0 Å². The van der Waals surface area contributed by atoms with Crippen molar-refractivity contribution in [2.24, 2.45) is 0 Å². The van der Waals surface area contributed by atoms with Crippen LogP contribution in [0.3, 0.4) is 0 Å². The van der Waals surface area contributed by atoms with E-state index in [0.29, 0.717) is 12.1 Å². The van der Waals surface area contributed by atoms with Crippen molar-refractivity contribution in [3.05, 3.63) is 35.9 Å². The lowest BCUT2D eigenvalue weighted by atomic mass is 10.0. The van der Waals surface area contributed by atoms with Crippen LogP contribution in [-0.2, 0) is 4.79 Å². The van der Waals surface area contributed by atoms with Crippen molar-refractivity contribution in [2.75, 3.05) is 5.73 Å². The number of carboxylic acid groups (broad SMARTS) is 1. The van der Waals surface area contributed by atoms with E-state index in [-0.39, 0.29) is 0 Å². The zero-order valence-corrected chi connectivity index (χ0v) is 8.03. The molecule has 3 nitrogen and oxygen atoms in total. The molecule has 0 atom stereocenters. The van der Waals surface area contributed by atoms with E-state index in [1.54, 1.807) is 12.1 Å². The van der Waals surface area contributed by atoms with Gasteiger partial charge in [0.2, 0.25) is 0 Å². The van der Waals surface area contributed by atoms with Crippen molar-refractivity contribution in [3.63, 3.8) is 0 Å². The van der Waals surface area contributed by atoms with E-state index in [0.717, 1.165) is 11.1 Å². The molecule has 0 aromatic heterocycles. The highest BCUT2D eigenvalue weighted by Gasteiger charge is 2.01. The third kappa shape index (κ3) is 2.62. The van der Waals surface area contributed by atoms with Crippen LogP contribution in [-0.4, -0.2) is 11.1 Å². The Morgan fingerprint density at radius 2 is 2.00 bits per heavy atom. The van der Waals surface area contributed by atoms with E-state index in [1.165, 1.54) is 6.08 Å². The number of rotatable bonds is 3. The van der Waals surface area contributed by atoms with Crippen molar-refractivity contribution in [1.82, 2.24) is 0 Å². The van der Waals surface area contributed by atoms with Gasteiger partial charge < -0.3 is 10.8 Å². The van der Waals surface area contributed by atoms with Gasteiger partial charge in [-0.15, -0.1) is 0 Å². The molecule has 74 valence electrons. The predicted molar refractivity (Wildman–Crippen MR) is 56.8 cm³/mol. The average molecular weight is 191 g/mol. The maximum absolute atomic E-state index is 10.5. The smallest absolute Gasteiger partial charge is 0.328 e. The molecule has 0 heterocycles. The molecule has 0 aliphatic rings. The third-order valence-electron chi connectivity index (χ3n) is 1.96. The Bertz CT molecular complexity index is 352. The lowest BCUT2D eigenvalue weighted by Gasteiger charge is -2.03. The highest BCUT2D eigenvalue weighted by atomic mass is 16.4. The van der Waals surface area contributed by atoms with E-state index in [1.807, 2.05) is 19.1 Å². The molecule has 1 aromatic rings. The number of carbonyl (C=O) groups is 1. The van der Waals surface area contributed by atoms with Gasteiger partial charge in [0.1, 0.15) is 0 Å². The normalized spacial score (nSPS) is 11.4. The van der Waals surface area contributed by atoms with Crippen LogP contribution in [0.1, 0.15) is 18.9 Å². The number of allylic oxidation sites excluding steroid dienone is 1. The van der Waals surface area contributed by atoms with Gasteiger partial charge in [-0.2, -0.15) is 0 Å². The zero-order chi connectivity index (χ0) is 10.6. The van der Waals surface area contributed by atoms with Gasteiger partial charge in [-0.3, -0.25) is 0 Å². The van der Waals surface area contributed by atoms with E-state index in [2.05, 4.69) is 0 Å². The maximum atomic E-state index is 10.5. The van der Waals surface area contributed by atoms with E-state index in [9.17, 15) is 4.79 Å². The van der Waals surface area contributed by atoms with Crippen LogP contribution in [0.5, 0.6) is 0 Å². The molecule has 0 amide bonds. The molecule has 3 heteroatoms. The van der Waals surface area contributed by atoms with Gasteiger partial charge in [0.15, 0.2) is 0 Å². The van der Waals surface area contributed by atoms with Gasteiger partial charge in [-0.05, 0) is 29.7 Å². The number of nitrogens with two attached hydrogens (primary N) is 1. The third-order valence-corrected chi connectivity index (χ3v) is 1.96. The average Bonchev–Trinajstić information content (AvgIpc) is 2.15. The van der Waals surface area contributed by atoms with Gasteiger partial charge in [0, 0.05) is 11.8 Å². The summed E-state index contributed by atoms with van der Waals surface area (Å²) in [6.07, 6.45) is 1.92. The molecular formula is C11H13NO2. The first-order chi connectivity index (χ1) is 6.63. The highest BCUT2D eigenvalue weighted by Crippen LogP contribution is 2.18. The Hall–Kier alpha value is -1.77. The molecule has 0 saturated heterocycles. The molecule has 1 rings (SSSR count). The molecule has 0 aliphatic carbocycles. The fourth-order valence-electron chi connectivity index (χ4n) is 1.24. The minimum absolute atomic E-state index is 0.680. The van der Waals surface area contributed by atoms with Crippen LogP contribution in [0.15, 0.2) is 30.3 Å². The molecule has 3 N–H and O–H groups in total. The van der Waals surface area contributed by atoms with Crippen molar-refractivity contribution in [1.29, 1.82) is 0 Å². The van der Waals surface area contributed by atoms with Crippen LogP contribution in [0.25, 0.3) is 5.57 Å². The number of benzene rings is 1. The van der Waals surface area contributed by atoms with Gasteiger partial charge in [-0.1, -0.05) is 19.1 Å². The zero-order valence-electron chi connectivity index (χ0n) is 8.03. The van der Waals surface area contributed by atoms with Crippen LogP contribution >= 0.6 is 0 Å². The fraction of sp³-hybridized carbons (Fsp3) is 0.182. The second-order valence-electron chi connectivity index (χ2n) is 2.98. The number of hydrogen-bond donors (Lipinski definition) is 2. The second kappa shape index (κ2) is 4.46. The molecule has 0 bridgehead atoms. The largest absolute Gasteiger partial charge is 0.478 e. The number of hydrogen-bond acceptors (Lipinski definition) is 2. The van der Waals surface area contributed by atoms with Crippen LogP contribution in [0, 0.1) is 0 Å². The lowest BCUT2D eigenvalue weighted by Crippen LogP contribution is -1.92. The predicted octanol–water partition coefficient (Wildman–Crippen LogP) is 2.15. The Morgan fingerprint density at radius 1 is 1.43 bits per heavy atom. The summed E-state index contributed by atoms with van der Waals surface area (Å²) < 4.78 is 0. The van der Waals surface area contributed by atoms with Gasteiger partial charge >= 0.3 is 5.97 Å². The molecule has 14 heavy (non-hydrogen) atoms. The fourth-order valence-corrected chi connectivity index (χ4v) is 1.24. The van der Waals surface area contributed by atoms with Crippen molar-refractivity contribution in [2.45, 2.75) is 13.3 Å². The summed E-state index contributed by atoms with van der Waals surface area (Å²) in [6, 6.07) is 7.18. The molecule has 0 saturated carbocycles. The highest BCUT2D eigenvalue weighted by molar-refractivity contribution is 5.90. The van der Waals surface area contributed by atoms with Crippen LogP contribution < -0.4 is 5.73 Å². The minimum atomic E-state index is -0.918.